The summed E-state index contributed by atoms with van der Waals surface area (Å²) in [6, 6.07) is 1.27. The molecule has 2 amide bonds. The first-order chi connectivity index (χ1) is 8.13. The molecule has 0 fully saturated rings. The van der Waals surface area contributed by atoms with E-state index in [1.165, 1.54) is 12.3 Å². The van der Waals surface area contributed by atoms with E-state index < -0.39 is 5.97 Å². The highest BCUT2D eigenvalue weighted by Gasteiger charge is 2.24. The molecule has 0 saturated carbocycles. The molecule has 0 aromatic carbocycles. The van der Waals surface area contributed by atoms with Gasteiger partial charge in [0.25, 0.3) is 0 Å². The minimum Gasteiger partial charge on any atom is -0.478 e. The fourth-order valence-corrected chi connectivity index (χ4v) is 1.97. The van der Waals surface area contributed by atoms with Gasteiger partial charge in [0.15, 0.2) is 0 Å². The molecular weight excluding hydrogens is 222 g/mol. The average Bonchev–Trinajstić information content (AvgIpc) is 2.36. The Labute approximate surface area is 98.3 Å². The molecule has 0 aliphatic carbocycles. The van der Waals surface area contributed by atoms with Crippen molar-refractivity contribution in [3.8, 4) is 0 Å². The van der Waals surface area contributed by atoms with Crippen molar-refractivity contribution in [2.75, 3.05) is 13.6 Å². The van der Waals surface area contributed by atoms with Crippen LogP contribution in [0.25, 0.3) is 0 Å². The van der Waals surface area contributed by atoms with Gasteiger partial charge in [0.05, 0.1) is 12.1 Å². The number of carbonyl (C=O) groups excluding carboxylic acids is 1. The molecule has 6 nitrogen and oxygen atoms in total. The Morgan fingerprint density at radius 1 is 1.53 bits per heavy atom. The van der Waals surface area contributed by atoms with Crippen LogP contribution in [0, 0.1) is 0 Å². The van der Waals surface area contributed by atoms with Crippen LogP contribution in [0.3, 0.4) is 0 Å². The van der Waals surface area contributed by atoms with Gasteiger partial charge in [0.2, 0.25) is 0 Å². The molecule has 1 aromatic heterocycles. The maximum absolute atomic E-state index is 11.5. The van der Waals surface area contributed by atoms with Crippen LogP contribution in [0.1, 0.15) is 21.6 Å². The number of rotatable bonds is 1. The number of amides is 2. The highest BCUT2D eigenvalue weighted by Crippen LogP contribution is 2.20. The average molecular weight is 235 g/mol. The summed E-state index contributed by atoms with van der Waals surface area (Å²) in [5.41, 5.74) is 1.63. The molecule has 1 aromatic rings. The van der Waals surface area contributed by atoms with Crippen LogP contribution in [0.2, 0.25) is 0 Å². The number of aromatic nitrogens is 1. The van der Waals surface area contributed by atoms with E-state index in [0.717, 1.165) is 5.69 Å². The van der Waals surface area contributed by atoms with Crippen molar-refractivity contribution in [1.82, 2.24) is 15.2 Å². The Balaban J connectivity index is 2.35. The van der Waals surface area contributed by atoms with Gasteiger partial charge in [-0.05, 0) is 6.07 Å². The summed E-state index contributed by atoms with van der Waals surface area (Å²) >= 11 is 0. The smallest absolute Gasteiger partial charge is 0.336 e. The van der Waals surface area contributed by atoms with E-state index >= 15 is 0 Å². The number of hydrogen-bond acceptors (Lipinski definition) is 3. The lowest BCUT2D eigenvalue weighted by molar-refractivity contribution is 0.0693. The zero-order valence-electron chi connectivity index (χ0n) is 9.43. The number of carboxylic acid groups (broad SMARTS) is 1. The molecule has 0 bridgehead atoms. The standard InChI is InChI=1S/C11H13N3O3/c1-12-11(17)14-5-3-9-8(6-14)7(10(15)16)2-4-13-9/h2,4H,3,5-6H2,1H3,(H,12,17)(H,15,16). The number of carboxylic acids is 1. The third-order valence-corrected chi connectivity index (χ3v) is 2.84. The number of nitrogens with zero attached hydrogens (tertiary/aromatic N) is 2. The maximum atomic E-state index is 11.5. The number of nitrogens with one attached hydrogen (secondary N) is 1. The third-order valence-electron chi connectivity index (χ3n) is 2.84. The van der Waals surface area contributed by atoms with E-state index in [2.05, 4.69) is 10.3 Å². The number of pyridine rings is 1. The van der Waals surface area contributed by atoms with E-state index in [4.69, 9.17) is 5.11 Å². The van der Waals surface area contributed by atoms with Crippen LogP contribution in [-0.4, -0.2) is 40.6 Å². The molecule has 2 rings (SSSR count). The molecule has 17 heavy (non-hydrogen) atoms. The number of fused-ring (bicyclic) bond motifs is 1. The Morgan fingerprint density at radius 3 is 2.94 bits per heavy atom. The van der Waals surface area contributed by atoms with Crippen LogP contribution in [0.15, 0.2) is 12.3 Å². The predicted octanol–water partition coefficient (Wildman–Crippen LogP) is 0.477. The molecule has 0 saturated heterocycles. The van der Waals surface area contributed by atoms with E-state index in [9.17, 15) is 9.59 Å². The zero-order chi connectivity index (χ0) is 12.4. The van der Waals surface area contributed by atoms with E-state index in [1.54, 1.807) is 11.9 Å². The van der Waals surface area contributed by atoms with Crippen molar-refractivity contribution in [2.24, 2.45) is 0 Å². The first-order valence-corrected chi connectivity index (χ1v) is 5.30. The van der Waals surface area contributed by atoms with Crippen LogP contribution in [0.4, 0.5) is 4.79 Å². The van der Waals surface area contributed by atoms with Gasteiger partial charge in [-0.25, -0.2) is 9.59 Å². The molecule has 1 aliphatic heterocycles. The number of aromatic carboxylic acids is 1. The van der Waals surface area contributed by atoms with Gasteiger partial charge in [0.1, 0.15) is 0 Å². The van der Waals surface area contributed by atoms with Crippen molar-refractivity contribution < 1.29 is 14.7 Å². The summed E-state index contributed by atoms with van der Waals surface area (Å²) in [7, 11) is 1.55. The molecule has 0 atom stereocenters. The third kappa shape index (κ3) is 2.06. The van der Waals surface area contributed by atoms with Gasteiger partial charge in [-0.2, -0.15) is 0 Å². The first kappa shape index (κ1) is 11.4. The molecule has 0 radical (unpaired) electrons. The van der Waals surface area contributed by atoms with Crippen molar-refractivity contribution in [3.63, 3.8) is 0 Å². The lowest BCUT2D eigenvalue weighted by Gasteiger charge is -2.28. The molecule has 0 spiro atoms. The molecule has 6 heteroatoms. The maximum Gasteiger partial charge on any atom is 0.336 e. The predicted molar refractivity (Wildman–Crippen MR) is 59.8 cm³/mol. The van der Waals surface area contributed by atoms with Gasteiger partial charge >= 0.3 is 12.0 Å². The highest BCUT2D eigenvalue weighted by molar-refractivity contribution is 5.89. The highest BCUT2D eigenvalue weighted by atomic mass is 16.4. The minimum absolute atomic E-state index is 0.198. The SMILES string of the molecule is CNC(=O)N1CCc2nccc(C(=O)O)c2C1. The fourth-order valence-electron chi connectivity index (χ4n) is 1.97. The molecule has 1 aliphatic rings. The van der Waals surface area contributed by atoms with Gasteiger partial charge in [-0.15, -0.1) is 0 Å². The summed E-state index contributed by atoms with van der Waals surface area (Å²) in [4.78, 5) is 28.3. The minimum atomic E-state index is -0.984. The largest absolute Gasteiger partial charge is 0.478 e. The Hall–Kier alpha value is -2.11. The topological polar surface area (TPSA) is 82.5 Å². The van der Waals surface area contributed by atoms with Gasteiger partial charge < -0.3 is 15.3 Å². The first-order valence-electron chi connectivity index (χ1n) is 5.30. The lowest BCUT2D eigenvalue weighted by atomic mass is 10.0. The molecule has 0 unspecified atom stereocenters. The second-order valence-corrected chi connectivity index (χ2v) is 3.82. The van der Waals surface area contributed by atoms with Crippen molar-refractivity contribution in [3.05, 3.63) is 29.1 Å². The Kier molecular flexibility index (Phi) is 2.95. The van der Waals surface area contributed by atoms with Gasteiger partial charge in [-0.1, -0.05) is 0 Å². The number of urea groups is 1. The zero-order valence-corrected chi connectivity index (χ0v) is 9.43. The van der Waals surface area contributed by atoms with E-state index in [1.807, 2.05) is 0 Å². The van der Waals surface area contributed by atoms with Gasteiger partial charge in [0, 0.05) is 37.5 Å². The summed E-state index contributed by atoms with van der Waals surface area (Å²) < 4.78 is 0. The van der Waals surface area contributed by atoms with Crippen LogP contribution < -0.4 is 5.32 Å². The fraction of sp³-hybridized carbons (Fsp3) is 0.364. The number of hydrogen-bond donors (Lipinski definition) is 2. The molecular formula is C11H13N3O3. The van der Waals surface area contributed by atoms with Crippen molar-refractivity contribution >= 4 is 12.0 Å². The second kappa shape index (κ2) is 4.40. The molecule has 2 N–H and O–H groups in total. The summed E-state index contributed by atoms with van der Waals surface area (Å²) in [5, 5.41) is 11.6. The number of carbonyl (C=O) groups is 2. The van der Waals surface area contributed by atoms with Crippen molar-refractivity contribution in [1.29, 1.82) is 0 Å². The second-order valence-electron chi connectivity index (χ2n) is 3.82. The summed E-state index contributed by atoms with van der Waals surface area (Å²) in [5.74, 6) is -0.984. The lowest BCUT2D eigenvalue weighted by Crippen LogP contribution is -2.42. The monoisotopic (exact) mass is 235 g/mol. The van der Waals surface area contributed by atoms with Crippen molar-refractivity contribution in [2.45, 2.75) is 13.0 Å². The normalized spacial score (nSPS) is 14.1. The van der Waals surface area contributed by atoms with Crippen LogP contribution in [0.5, 0.6) is 0 Å². The summed E-state index contributed by atoms with van der Waals surface area (Å²) in [6.07, 6.45) is 2.09. The molecule has 2 heterocycles. The Morgan fingerprint density at radius 2 is 2.29 bits per heavy atom. The van der Waals surface area contributed by atoms with Gasteiger partial charge in [-0.3, -0.25) is 4.98 Å². The molecule has 90 valence electrons. The summed E-state index contributed by atoms with van der Waals surface area (Å²) in [6.45, 7) is 0.854. The van der Waals surface area contributed by atoms with E-state index in [-0.39, 0.29) is 11.6 Å². The van der Waals surface area contributed by atoms with E-state index in [0.29, 0.717) is 25.1 Å². The van der Waals surface area contributed by atoms with Crippen LogP contribution in [-0.2, 0) is 13.0 Å². The Bertz CT molecular complexity index is 473. The quantitative estimate of drug-likeness (QED) is 0.741. The van der Waals surface area contributed by atoms with Crippen LogP contribution >= 0.6 is 0 Å².